The summed E-state index contributed by atoms with van der Waals surface area (Å²) in [5.41, 5.74) is 3.67. The molecule has 2 fully saturated rings. The Bertz CT molecular complexity index is 836. The molecule has 3 heterocycles. The van der Waals surface area contributed by atoms with Gasteiger partial charge in [-0.3, -0.25) is 4.79 Å². The third kappa shape index (κ3) is 3.82. The molecule has 2 aromatic rings. The van der Waals surface area contributed by atoms with Crippen molar-refractivity contribution in [3.63, 3.8) is 0 Å². The molecule has 0 saturated carbocycles. The van der Waals surface area contributed by atoms with Gasteiger partial charge in [0.2, 0.25) is 0 Å². The fraction of sp³-hybridized carbons (Fsp3) is 0.429. The smallest absolute Gasteiger partial charge is 0.255 e. The van der Waals surface area contributed by atoms with Crippen molar-refractivity contribution >= 4 is 17.4 Å². The molecule has 1 aromatic heterocycles. The van der Waals surface area contributed by atoms with E-state index < -0.39 is 5.79 Å². The zero-order valence-electron chi connectivity index (χ0n) is 15.8. The number of hydrogen-bond donors (Lipinski definition) is 1. The lowest BCUT2D eigenvalue weighted by molar-refractivity contribution is -0.169. The summed E-state index contributed by atoms with van der Waals surface area (Å²) < 4.78 is 11.6. The quantitative estimate of drug-likeness (QED) is 0.902. The van der Waals surface area contributed by atoms with Gasteiger partial charge in [0, 0.05) is 43.4 Å². The Labute approximate surface area is 159 Å². The Kier molecular flexibility index (Phi) is 4.85. The number of carbonyl (C=O) groups is 1. The summed E-state index contributed by atoms with van der Waals surface area (Å²) in [5, 5.41) is 3.00. The SMILES string of the molecule is Cc1ccc(NC(=O)c2ccnc(N3CCC4(CC3)OCCO4)c2)c(C)c1. The van der Waals surface area contributed by atoms with Gasteiger partial charge >= 0.3 is 0 Å². The minimum atomic E-state index is -0.408. The molecule has 0 bridgehead atoms. The molecule has 142 valence electrons. The zero-order chi connectivity index (χ0) is 18.9. The zero-order valence-corrected chi connectivity index (χ0v) is 15.8. The summed E-state index contributed by atoms with van der Waals surface area (Å²) in [4.78, 5) is 19.3. The summed E-state index contributed by atoms with van der Waals surface area (Å²) in [6, 6.07) is 9.60. The second kappa shape index (κ2) is 7.29. The molecular weight excluding hydrogens is 342 g/mol. The van der Waals surface area contributed by atoms with Crippen molar-refractivity contribution in [1.82, 2.24) is 4.98 Å². The van der Waals surface area contributed by atoms with Gasteiger partial charge in [0.05, 0.1) is 13.2 Å². The second-order valence-electron chi connectivity index (χ2n) is 7.27. The van der Waals surface area contributed by atoms with E-state index in [4.69, 9.17) is 9.47 Å². The number of rotatable bonds is 3. The fourth-order valence-corrected chi connectivity index (χ4v) is 3.74. The molecule has 0 atom stereocenters. The summed E-state index contributed by atoms with van der Waals surface area (Å²) in [6.45, 7) is 6.98. The van der Waals surface area contributed by atoms with Gasteiger partial charge in [-0.25, -0.2) is 4.98 Å². The first kappa shape index (κ1) is 17.9. The van der Waals surface area contributed by atoms with E-state index >= 15 is 0 Å². The van der Waals surface area contributed by atoms with E-state index in [1.807, 2.05) is 32.0 Å². The summed E-state index contributed by atoms with van der Waals surface area (Å²) in [5.74, 6) is 0.284. The molecule has 1 N–H and O–H groups in total. The minimum Gasteiger partial charge on any atom is -0.356 e. The topological polar surface area (TPSA) is 63.7 Å². The van der Waals surface area contributed by atoms with Gasteiger partial charge in [0.15, 0.2) is 5.79 Å². The molecule has 1 spiro atoms. The molecule has 6 nitrogen and oxygen atoms in total. The van der Waals surface area contributed by atoms with Gasteiger partial charge in [-0.2, -0.15) is 0 Å². The van der Waals surface area contributed by atoms with Crippen LogP contribution in [-0.2, 0) is 9.47 Å². The number of benzene rings is 1. The molecule has 1 aromatic carbocycles. The number of nitrogens with one attached hydrogen (secondary N) is 1. The van der Waals surface area contributed by atoms with Crippen LogP contribution in [0, 0.1) is 13.8 Å². The number of aryl methyl sites for hydroxylation is 2. The molecule has 6 heteroatoms. The van der Waals surface area contributed by atoms with Gasteiger partial charge in [0.1, 0.15) is 5.82 Å². The highest BCUT2D eigenvalue weighted by molar-refractivity contribution is 6.05. The van der Waals surface area contributed by atoms with Crippen LogP contribution >= 0.6 is 0 Å². The number of carbonyl (C=O) groups excluding carboxylic acids is 1. The van der Waals surface area contributed by atoms with Crippen LogP contribution in [0.15, 0.2) is 36.5 Å². The van der Waals surface area contributed by atoms with Crippen molar-refractivity contribution in [3.05, 3.63) is 53.2 Å². The van der Waals surface area contributed by atoms with E-state index in [-0.39, 0.29) is 5.91 Å². The minimum absolute atomic E-state index is 0.124. The van der Waals surface area contributed by atoms with E-state index in [9.17, 15) is 4.79 Å². The van der Waals surface area contributed by atoms with Crippen LogP contribution in [0.4, 0.5) is 11.5 Å². The van der Waals surface area contributed by atoms with Crippen LogP contribution in [0.5, 0.6) is 0 Å². The predicted molar refractivity (Wildman–Crippen MR) is 104 cm³/mol. The van der Waals surface area contributed by atoms with Gasteiger partial charge in [-0.05, 0) is 37.6 Å². The van der Waals surface area contributed by atoms with Gasteiger partial charge < -0.3 is 19.7 Å². The first-order valence-corrected chi connectivity index (χ1v) is 9.42. The van der Waals surface area contributed by atoms with E-state index in [0.717, 1.165) is 43.0 Å². The number of amides is 1. The van der Waals surface area contributed by atoms with Gasteiger partial charge in [0.25, 0.3) is 5.91 Å². The maximum absolute atomic E-state index is 12.7. The highest BCUT2D eigenvalue weighted by Crippen LogP contribution is 2.32. The predicted octanol–water partition coefficient (Wildman–Crippen LogP) is 3.29. The Hall–Kier alpha value is -2.44. The van der Waals surface area contributed by atoms with Crippen molar-refractivity contribution in [2.24, 2.45) is 0 Å². The highest BCUT2D eigenvalue weighted by Gasteiger charge is 2.40. The normalized spacial score (nSPS) is 18.7. The van der Waals surface area contributed by atoms with Gasteiger partial charge in [-0.1, -0.05) is 17.7 Å². The standard InChI is InChI=1S/C21H25N3O3/c1-15-3-4-18(16(2)13-15)23-20(25)17-5-8-22-19(14-17)24-9-6-21(7-10-24)26-11-12-27-21/h3-5,8,13-14H,6-7,9-12H2,1-2H3,(H,23,25). The Morgan fingerprint density at radius 3 is 2.56 bits per heavy atom. The van der Waals surface area contributed by atoms with Crippen molar-refractivity contribution in [2.75, 3.05) is 36.5 Å². The van der Waals surface area contributed by atoms with Crippen LogP contribution in [0.25, 0.3) is 0 Å². The number of ether oxygens (including phenoxy) is 2. The fourth-order valence-electron chi connectivity index (χ4n) is 3.74. The molecule has 2 saturated heterocycles. The van der Waals surface area contributed by atoms with Crippen molar-refractivity contribution in [1.29, 1.82) is 0 Å². The van der Waals surface area contributed by atoms with Crippen molar-refractivity contribution < 1.29 is 14.3 Å². The highest BCUT2D eigenvalue weighted by atomic mass is 16.7. The Morgan fingerprint density at radius 2 is 1.85 bits per heavy atom. The Balaban J connectivity index is 1.45. The molecular formula is C21H25N3O3. The first-order valence-electron chi connectivity index (χ1n) is 9.42. The first-order chi connectivity index (χ1) is 13.0. The lowest BCUT2D eigenvalue weighted by atomic mass is 10.0. The maximum Gasteiger partial charge on any atom is 0.255 e. The number of piperidine rings is 1. The van der Waals surface area contributed by atoms with E-state index in [2.05, 4.69) is 21.3 Å². The van der Waals surface area contributed by atoms with E-state index in [0.29, 0.717) is 18.8 Å². The molecule has 27 heavy (non-hydrogen) atoms. The molecule has 0 aliphatic carbocycles. The number of anilines is 2. The van der Waals surface area contributed by atoms with E-state index in [1.165, 1.54) is 5.56 Å². The third-order valence-corrected chi connectivity index (χ3v) is 5.30. The van der Waals surface area contributed by atoms with Gasteiger partial charge in [-0.15, -0.1) is 0 Å². The number of nitrogens with zero attached hydrogens (tertiary/aromatic N) is 2. The maximum atomic E-state index is 12.7. The molecule has 0 radical (unpaired) electrons. The lowest BCUT2D eigenvalue weighted by Gasteiger charge is -2.38. The van der Waals surface area contributed by atoms with Crippen LogP contribution in [0.1, 0.15) is 34.3 Å². The monoisotopic (exact) mass is 367 g/mol. The van der Waals surface area contributed by atoms with E-state index in [1.54, 1.807) is 12.3 Å². The summed E-state index contributed by atoms with van der Waals surface area (Å²) in [6.07, 6.45) is 3.32. The van der Waals surface area contributed by atoms with Crippen LogP contribution in [0.3, 0.4) is 0 Å². The van der Waals surface area contributed by atoms with Crippen LogP contribution in [0.2, 0.25) is 0 Å². The second-order valence-corrected chi connectivity index (χ2v) is 7.27. The number of pyridine rings is 1. The van der Waals surface area contributed by atoms with Crippen LogP contribution in [-0.4, -0.2) is 43.0 Å². The lowest BCUT2D eigenvalue weighted by Crippen LogP contribution is -2.45. The number of hydrogen-bond acceptors (Lipinski definition) is 5. The van der Waals surface area contributed by atoms with Crippen molar-refractivity contribution in [3.8, 4) is 0 Å². The summed E-state index contributed by atoms with van der Waals surface area (Å²) in [7, 11) is 0. The molecule has 0 unspecified atom stereocenters. The Morgan fingerprint density at radius 1 is 1.11 bits per heavy atom. The average molecular weight is 367 g/mol. The largest absolute Gasteiger partial charge is 0.356 e. The summed E-state index contributed by atoms with van der Waals surface area (Å²) >= 11 is 0. The molecule has 4 rings (SSSR count). The third-order valence-electron chi connectivity index (χ3n) is 5.30. The molecule has 2 aliphatic heterocycles. The molecule has 1 amide bonds. The van der Waals surface area contributed by atoms with Crippen LogP contribution < -0.4 is 10.2 Å². The average Bonchev–Trinajstić information content (AvgIpc) is 3.12. The molecule has 2 aliphatic rings. The van der Waals surface area contributed by atoms with Crippen molar-refractivity contribution in [2.45, 2.75) is 32.5 Å². The number of aromatic nitrogens is 1.